The first-order chi connectivity index (χ1) is 8.93. The van der Waals surface area contributed by atoms with Gasteiger partial charge in [-0.25, -0.2) is 0 Å². The molecule has 0 saturated heterocycles. The first-order valence-electron chi connectivity index (χ1n) is 6.16. The molecule has 1 heterocycles. The van der Waals surface area contributed by atoms with E-state index >= 15 is 0 Å². The molecule has 0 spiro atoms. The lowest BCUT2D eigenvalue weighted by Crippen LogP contribution is -2.12. The number of aryl methyl sites for hydroxylation is 4. The second-order valence-electron chi connectivity index (χ2n) is 4.96. The molecule has 0 radical (unpaired) electrons. The van der Waals surface area contributed by atoms with Crippen molar-refractivity contribution in [3.05, 3.63) is 56.4 Å². The van der Waals surface area contributed by atoms with Crippen molar-refractivity contribution in [2.75, 3.05) is 0 Å². The fourth-order valence-electron chi connectivity index (χ4n) is 2.55. The predicted octanol–water partition coefficient (Wildman–Crippen LogP) is 3.15. The quantitative estimate of drug-likeness (QED) is 0.847. The number of aromatic amines is 1. The highest BCUT2D eigenvalue weighted by Gasteiger charge is 2.12. The van der Waals surface area contributed by atoms with Crippen LogP contribution in [0.25, 0.3) is 11.3 Å². The highest BCUT2D eigenvalue weighted by atomic mass is 16.1. The molecular weight excluding hydrogens is 236 g/mol. The van der Waals surface area contributed by atoms with Crippen LogP contribution in [-0.2, 0) is 0 Å². The van der Waals surface area contributed by atoms with Crippen LogP contribution >= 0.6 is 0 Å². The molecule has 0 bridgehead atoms. The Morgan fingerprint density at radius 1 is 1.00 bits per heavy atom. The van der Waals surface area contributed by atoms with Crippen LogP contribution in [0, 0.1) is 39.0 Å². The highest BCUT2D eigenvalue weighted by Crippen LogP contribution is 2.28. The number of benzene rings is 1. The molecule has 19 heavy (non-hydrogen) atoms. The minimum absolute atomic E-state index is 0.156. The van der Waals surface area contributed by atoms with E-state index in [-0.39, 0.29) is 11.1 Å². The average Bonchev–Trinajstić information content (AvgIpc) is 2.31. The summed E-state index contributed by atoms with van der Waals surface area (Å²) in [4.78, 5) is 14.6. The van der Waals surface area contributed by atoms with E-state index in [4.69, 9.17) is 5.26 Å². The number of nitriles is 1. The van der Waals surface area contributed by atoms with Crippen molar-refractivity contribution in [3.8, 4) is 17.3 Å². The second-order valence-corrected chi connectivity index (χ2v) is 4.96. The first-order valence-corrected chi connectivity index (χ1v) is 6.16. The summed E-state index contributed by atoms with van der Waals surface area (Å²) in [5.74, 6) is 0. The van der Waals surface area contributed by atoms with Gasteiger partial charge in [-0.3, -0.25) is 4.79 Å². The summed E-state index contributed by atoms with van der Waals surface area (Å²) in [5.41, 5.74) is 6.04. The number of hydrogen-bond acceptors (Lipinski definition) is 2. The van der Waals surface area contributed by atoms with E-state index in [0.29, 0.717) is 0 Å². The van der Waals surface area contributed by atoms with Gasteiger partial charge in [-0.1, -0.05) is 17.7 Å². The lowest BCUT2D eigenvalue weighted by atomic mass is 9.94. The Bertz CT molecular complexity index is 725. The van der Waals surface area contributed by atoms with Crippen molar-refractivity contribution in [2.45, 2.75) is 27.7 Å². The number of nitrogens with one attached hydrogen (secondary N) is 1. The van der Waals surface area contributed by atoms with Gasteiger partial charge in [0.05, 0.1) is 5.69 Å². The Hall–Kier alpha value is -2.34. The number of nitrogens with zero attached hydrogens (tertiary/aromatic N) is 1. The third kappa shape index (κ3) is 2.30. The molecule has 0 amide bonds. The molecular formula is C16H16N2O. The average molecular weight is 252 g/mol. The van der Waals surface area contributed by atoms with Gasteiger partial charge in [-0.05, 0) is 50.5 Å². The fraction of sp³-hybridized carbons (Fsp3) is 0.250. The van der Waals surface area contributed by atoms with E-state index in [1.54, 1.807) is 6.07 Å². The van der Waals surface area contributed by atoms with Crippen LogP contribution in [0.3, 0.4) is 0 Å². The van der Waals surface area contributed by atoms with Crippen LogP contribution in [0.2, 0.25) is 0 Å². The van der Waals surface area contributed by atoms with Crippen molar-refractivity contribution in [1.29, 1.82) is 5.26 Å². The summed E-state index contributed by atoms with van der Waals surface area (Å²) in [7, 11) is 0. The zero-order valence-electron chi connectivity index (χ0n) is 11.6. The first kappa shape index (κ1) is 13.1. The van der Waals surface area contributed by atoms with Crippen LogP contribution in [0.5, 0.6) is 0 Å². The maximum Gasteiger partial charge on any atom is 0.266 e. The molecule has 3 nitrogen and oxygen atoms in total. The Morgan fingerprint density at radius 2 is 1.58 bits per heavy atom. The van der Waals surface area contributed by atoms with Crippen LogP contribution < -0.4 is 5.56 Å². The molecule has 0 saturated carbocycles. The van der Waals surface area contributed by atoms with Gasteiger partial charge in [0, 0.05) is 5.56 Å². The summed E-state index contributed by atoms with van der Waals surface area (Å²) in [6.07, 6.45) is 0. The van der Waals surface area contributed by atoms with Crippen LogP contribution in [-0.4, -0.2) is 4.98 Å². The summed E-state index contributed by atoms with van der Waals surface area (Å²) < 4.78 is 0. The summed E-state index contributed by atoms with van der Waals surface area (Å²) >= 11 is 0. The molecule has 3 heteroatoms. The van der Waals surface area contributed by atoms with Crippen LogP contribution in [0.4, 0.5) is 0 Å². The predicted molar refractivity (Wildman–Crippen MR) is 76.2 cm³/mol. The molecule has 1 N–H and O–H groups in total. The van der Waals surface area contributed by atoms with E-state index in [9.17, 15) is 4.79 Å². The summed E-state index contributed by atoms with van der Waals surface area (Å²) in [6, 6.07) is 7.75. The van der Waals surface area contributed by atoms with Gasteiger partial charge in [0.1, 0.15) is 11.6 Å². The van der Waals surface area contributed by atoms with E-state index < -0.39 is 0 Å². The maximum atomic E-state index is 11.8. The number of rotatable bonds is 1. The van der Waals surface area contributed by atoms with Gasteiger partial charge in [0.15, 0.2) is 0 Å². The molecule has 2 rings (SSSR count). The molecule has 0 aliphatic carbocycles. The molecule has 0 aliphatic rings. The maximum absolute atomic E-state index is 11.8. The lowest BCUT2D eigenvalue weighted by Gasteiger charge is -2.13. The largest absolute Gasteiger partial charge is 0.321 e. The van der Waals surface area contributed by atoms with Crippen molar-refractivity contribution in [1.82, 2.24) is 4.98 Å². The monoisotopic (exact) mass is 252 g/mol. The van der Waals surface area contributed by atoms with E-state index in [0.717, 1.165) is 27.9 Å². The molecule has 2 aromatic rings. The van der Waals surface area contributed by atoms with Gasteiger partial charge in [-0.2, -0.15) is 5.26 Å². The minimum Gasteiger partial charge on any atom is -0.321 e. The molecule has 0 unspecified atom stereocenters. The topological polar surface area (TPSA) is 56.6 Å². The normalized spacial score (nSPS) is 10.3. The van der Waals surface area contributed by atoms with E-state index in [2.05, 4.69) is 24.0 Å². The van der Waals surface area contributed by atoms with Gasteiger partial charge >= 0.3 is 0 Å². The number of hydrogen-bond donors (Lipinski definition) is 1. The van der Waals surface area contributed by atoms with Gasteiger partial charge in [0.25, 0.3) is 5.56 Å². The van der Waals surface area contributed by atoms with Crippen molar-refractivity contribution in [3.63, 3.8) is 0 Å². The summed E-state index contributed by atoms with van der Waals surface area (Å²) in [6.45, 7) is 8.03. The Morgan fingerprint density at radius 3 is 2.11 bits per heavy atom. The Balaban J connectivity index is 2.78. The SMILES string of the molecule is Cc1cc(C)c(-c2[nH]c(=O)c(C#N)cc2C)c(C)c1. The second kappa shape index (κ2) is 4.74. The van der Waals surface area contributed by atoms with E-state index in [1.165, 1.54) is 5.56 Å². The van der Waals surface area contributed by atoms with E-state index in [1.807, 2.05) is 26.8 Å². The van der Waals surface area contributed by atoms with Gasteiger partial charge in [-0.15, -0.1) is 0 Å². The Kier molecular flexibility index (Phi) is 3.26. The Labute approximate surface area is 112 Å². The van der Waals surface area contributed by atoms with Gasteiger partial charge < -0.3 is 4.98 Å². The van der Waals surface area contributed by atoms with Crippen LogP contribution in [0.1, 0.15) is 27.8 Å². The minimum atomic E-state index is -0.331. The molecule has 0 aliphatic heterocycles. The molecule has 96 valence electrons. The third-order valence-corrected chi connectivity index (χ3v) is 3.29. The van der Waals surface area contributed by atoms with Gasteiger partial charge in [0.2, 0.25) is 0 Å². The molecule has 1 aromatic carbocycles. The lowest BCUT2D eigenvalue weighted by molar-refractivity contribution is 1.16. The highest BCUT2D eigenvalue weighted by molar-refractivity contribution is 5.71. The van der Waals surface area contributed by atoms with Crippen molar-refractivity contribution >= 4 is 0 Å². The number of H-pyrrole nitrogens is 1. The molecule has 1 aromatic heterocycles. The summed E-state index contributed by atoms with van der Waals surface area (Å²) in [5, 5.41) is 8.88. The number of aromatic nitrogens is 1. The van der Waals surface area contributed by atoms with Crippen molar-refractivity contribution in [2.24, 2.45) is 0 Å². The number of pyridine rings is 1. The molecule has 0 fully saturated rings. The fourth-order valence-corrected chi connectivity index (χ4v) is 2.55. The smallest absolute Gasteiger partial charge is 0.266 e. The van der Waals surface area contributed by atoms with Crippen LogP contribution in [0.15, 0.2) is 23.0 Å². The third-order valence-electron chi connectivity index (χ3n) is 3.29. The standard InChI is InChI=1S/C16H16N2O/c1-9-5-10(2)14(11(3)6-9)15-12(4)7-13(8-17)16(19)18-15/h5-7H,1-4H3,(H,18,19). The zero-order valence-corrected chi connectivity index (χ0v) is 11.6. The zero-order chi connectivity index (χ0) is 14.2. The van der Waals surface area contributed by atoms with Crippen molar-refractivity contribution < 1.29 is 0 Å². The molecule has 0 atom stereocenters.